The molecule has 0 spiro atoms. The molecule has 0 radical (unpaired) electrons. The van der Waals surface area contributed by atoms with Crippen molar-refractivity contribution >= 4 is 23.2 Å². The summed E-state index contributed by atoms with van der Waals surface area (Å²) in [6.07, 6.45) is 0.618. The van der Waals surface area contributed by atoms with Gasteiger partial charge in [0.25, 0.3) is 5.91 Å². The zero-order valence-electron chi connectivity index (χ0n) is 17.1. The first kappa shape index (κ1) is 20.8. The van der Waals surface area contributed by atoms with Crippen LogP contribution in [0.15, 0.2) is 53.6 Å². The molecular formula is C23H26ClN3O3. The molecule has 2 aromatic rings. The van der Waals surface area contributed by atoms with E-state index in [2.05, 4.69) is 4.90 Å². The van der Waals surface area contributed by atoms with Crippen molar-refractivity contribution in [2.24, 2.45) is 5.10 Å². The molecular weight excluding hydrogens is 402 g/mol. The molecule has 0 aliphatic carbocycles. The fraction of sp³-hybridized carbons (Fsp3) is 0.391. The van der Waals surface area contributed by atoms with Gasteiger partial charge in [0.15, 0.2) is 0 Å². The lowest BCUT2D eigenvalue weighted by atomic mass is 9.98. The third kappa shape index (κ3) is 4.67. The van der Waals surface area contributed by atoms with Crippen molar-refractivity contribution in [3.05, 3.63) is 64.7 Å². The molecule has 1 amide bonds. The first-order valence-electron chi connectivity index (χ1n) is 10.3. The smallest absolute Gasteiger partial charge is 0.257 e. The van der Waals surface area contributed by atoms with Crippen molar-refractivity contribution in [1.29, 1.82) is 0 Å². The van der Waals surface area contributed by atoms with Gasteiger partial charge in [0.1, 0.15) is 5.75 Å². The molecule has 158 valence electrons. The molecule has 0 unspecified atom stereocenters. The third-order valence-electron chi connectivity index (χ3n) is 5.39. The number of halogens is 1. The second-order valence-corrected chi connectivity index (χ2v) is 7.78. The number of hydrazone groups is 1. The van der Waals surface area contributed by atoms with E-state index < -0.39 is 0 Å². The van der Waals surface area contributed by atoms with Crippen molar-refractivity contribution in [3.63, 3.8) is 0 Å². The molecule has 0 aromatic heterocycles. The molecule has 30 heavy (non-hydrogen) atoms. The van der Waals surface area contributed by atoms with Crippen LogP contribution in [0.2, 0.25) is 5.02 Å². The summed E-state index contributed by atoms with van der Waals surface area (Å²) in [5.41, 5.74) is 2.73. The predicted molar refractivity (Wildman–Crippen MR) is 117 cm³/mol. The highest BCUT2D eigenvalue weighted by Crippen LogP contribution is 2.35. The number of ether oxygens (including phenoxy) is 2. The second-order valence-electron chi connectivity index (χ2n) is 7.38. The van der Waals surface area contributed by atoms with Crippen LogP contribution >= 0.6 is 11.6 Å². The summed E-state index contributed by atoms with van der Waals surface area (Å²) in [6.45, 7) is 5.74. The Morgan fingerprint density at radius 3 is 2.60 bits per heavy atom. The van der Waals surface area contributed by atoms with Gasteiger partial charge in [-0.3, -0.25) is 9.69 Å². The van der Waals surface area contributed by atoms with Gasteiger partial charge >= 0.3 is 0 Å². The lowest BCUT2D eigenvalue weighted by molar-refractivity contribution is -0.135. The van der Waals surface area contributed by atoms with Crippen molar-refractivity contribution < 1.29 is 14.3 Å². The molecule has 1 atom stereocenters. The standard InChI is InChI=1S/C23H26ClN3O3/c1-2-30-18-9-7-17(8-10-18)22-15-21(19-5-3-4-6-20(19)24)25-27(22)23(28)16-26-11-13-29-14-12-26/h3-10,22H,2,11-16H2,1H3/t22-/m1/s1. The van der Waals surface area contributed by atoms with E-state index in [1.807, 2.05) is 55.5 Å². The average Bonchev–Trinajstić information content (AvgIpc) is 3.21. The summed E-state index contributed by atoms with van der Waals surface area (Å²) in [6, 6.07) is 15.4. The van der Waals surface area contributed by atoms with Gasteiger partial charge in [-0.05, 0) is 30.7 Å². The Balaban J connectivity index is 1.60. The molecule has 4 rings (SSSR count). The number of hydrogen-bond donors (Lipinski definition) is 0. The van der Waals surface area contributed by atoms with Gasteiger partial charge < -0.3 is 9.47 Å². The van der Waals surface area contributed by atoms with Crippen LogP contribution in [0.1, 0.15) is 30.5 Å². The Morgan fingerprint density at radius 2 is 1.90 bits per heavy atom. The van der Waals surface area contributed by atoms with Crippen LogP contribution < -0.4 is 4.74 Å². The summed E-state index contributed by atoms with van der Waals surface area (Å²) >= 11 is 6.41. The quantitative estimate of drug-likeness (QED) is 0.704. The van der Waals surface area contributed by atoms with Gasteiger partial charge in [-0.25, -0.2) is 5.01 Å². The van der Waals surface area contributed by atoms with Crippen LogP contribution in [0, 0.1) is 0 Å². The van der Waals surface area contributed by atoms with Crippen LogP contribution in [-0.2, 0) is 9.53 Å². The molecule has 1 saturated heterocycles. The van der Waals surface area contributed by atoms with Crippen LogP contribution in [-0.4, -0.2) is 61.0 Å². The van der Waals surface area contributed by atoms with E-state index in [1.54, 1.807) is 5.01 Å². The first-order valence-corrected chi connectivity index (χ1v) is 10.7. The van der Waals surface area contributed by atoms with E-state index in [0.29, 0.717) is 37.8 Å². The number of nitrogens with zero attached hydrogens (tertiary/aromatic N) is 3. The van der Waals surface area contributed by atoms with E-state index in [-0.39, 0.29) is 11.9 Å². The van der Waals surface area contributed by atoms with Crippen LogP contribution in [0.4, 0.5) is 0 Å². The lowest BCUT2D eigenvalue weighted by Crippen LogP contribution is -2.43. The maximum absolute atomic E-state index is 13.2. The van der Waals surface area contributed by atoms with E-state index in [1.165, 1.54) is 0 Å². The zero-order chi connectivity index (χ0) is 20.9. The fourth-order valence-electron chi connectivity index (χ4n) is 3.83. The molecule has 0 saturated carbocycles. The SMILES string of the molecule is CCOc1ccc([C@H]2CC(c3ccccc3Cl)=NN2C(=O)CN2CCOCC2)cc1. The minimum Gasteiger partial charge on any atom is -0.494 e. The number of carbonyl (C=O) groups excluding carboxylic acids is 1. The van der Waals surface area contributed by atoms with Gasteiger partial charge in [0.2, 0.25) is 0 Å². The van der Waals surface area contributed by atoms with Crippen molar-refractivity contribution in [2.75, 3.05) is 39.5 Å². The predicted octanol–water partition coefficient (Wildman–Crippen LogP) is 3.75. The lowest BCUT2D eigenvalue weighted by Gasteiger charge is -2.29. The van der Waals surface area contributed by atoms with Gasteiger partial charge in [0.05, 0.1) is 38.1 Å². The topological polar surface area (TPSA) is 54.4 Å². The number of carbonyl (C=O) groups is 1. The minimum absolute atomic E-state index is 0.0159. The Labute approximate surface area is 182 Å². The van der Waals surface area contributed by atoms with E-state index in [0.717, 1.165) is 35.7 Å². The monoisotopic (exact) mass is 427 g/mol. The number of morpholine rings is 1. The summed E-state index contributed by atoms with van der Waals surface area (Å²) in [7, 11) is 0. The van der Waals surface area contributed by atoms with Crippen LogP contribution in [0.3, 0.4) is 0 Å². The number of benzene rings is 2. The average molecular weight is 428 g/mol. The number of rotatable bonds is 6. The largest absolute Gasteiger partial charge is 0.494 e. The Bertz CT molecular complexity index is 910. The van der Waals surface area contributed by atoms with Crippen LogP contribution in [0.25, 0.3) is 0 Å². The molecule has 0 bridgehead atoms. The van der Waals surface area contributed by atoms with E-state index in [9.17, 15) is 4.79 Å². The van der Waals surface area contributed by atoms with Gasteiger partial charge in [-0.15, -0.1) is 0 Å². The normalized spacial score (nSPS) is 19.6. The Hall–Kier alpha value is -2.41. The van der Waals surface area contributed by atoms with Gasteiger partial charge in [0, 0.05) is 30.1 Å². The minimum atomic E-state index is -0.166. The molecule has 7 heteroatoms. The zero-order valence-corrected chi connectivity index (χ0v) is 17.8. The Morgan fingerprint density at radius 1 is 1.17 bits per heavy atom. The molecule has 2 aliphatic rings. The fourth-order valence-corrected chi connectivity index (χ4v) is 4.08. The highest BCUT2D eigenvalue weighted by Gasteiger charge is 2.34. The molecule has 2 aliphatic heterocycles. The third-order valence-corrected chi connectivity index (χ3v) is 5.72. The molecule has 2 aromatic carbocycles. The second kappa shape index (κ2) is 9.60. The van der Waals surface area contributed by atoms with Crippen LogP contribution in [0.5, 0.6) is 5.75 Å². The summed E-state index contributed by atoms with van der Waals surface area (Å²) < 4.78 is 11.0. The van der Waals surface area contributed by atoms with E-state index in [4.69, 9.17) is 26.2 Å². The maximum atomic E-state index is 13.2. The highest BCUT2D eigenvalue weighted by molar-refractivity contribution is 6.34. The summed E-state index contributed by atoms with van der Waals surface area (Å²) in [4.78, 5) is 15.3. The first-order chi connectivity index (χ1) is 14.7. The molecule has 0 N–H and O–H groups in total. The maximum Gasteiger partial charge on any atom is 0.257 e. The van der Waals surface area contributed by atoms with Gasteiger partial charge in [-0.2, -0.15) is 5.10 Å². The highest BCUT2D eigenvalue weighted by atomic mass is 35.5. The van der Waals surface area contributed by atoms with Crippen molar-refractivity contribution in [3.8, 4) is 5.75 Å². The summed E-state index contributed by atoms with van der Waals surface area (Å²) in [5.74, 6) is 0.801. The summed E-state index contributed by atoms with van der Waals surface area (Å²) in [5, 5.41) is 7.00. The Kier molecular flexibility index (Phi) is 6.67. The number of amides is 1. The van der Waals surface area contributed by atoms with Crippen molar-refractivity contribution in [2.45, 2.75) is 19.4 Å². The molecule has 6 nitrogen and oxygen atoms in total. The van der Waals surface area contributed by atoms with Gasteiger partial charge in [-0.1, -0.05) is 41.9 Å². The molecule has 1 fully saturated rings. The number of hydrogen-bond acceptors (Lipinski definition) is 5. The van der Waals surface area contributed by atoms with Crippen molar-refractivity contribution in [1.82, 2.24) is 9.91 Å². The molecule has 2 heterocycles. The van der Waals surface area contributed by atoms with E-state index >= 15 is 0 Å².